The number of hydrogen-bond acceptors (Lipinski definition) is 9. The SMILES string of the molecule is NC(N)=NCCCC(N)C(=O)NC(CS)C(=O)NC(CS)C(=O)NC(CCC(=O)O)C(=O)O. The molecular weight excluding hydrogens is 478 g/mol. The van der Waals surface area contributed by atoms with Gasteiger partial charge in [-0.25, -0.2) is 4.79 Å². The molecular formula is C17H31N7O7S2. The van der Waals surface area contributed by atoms with E-state index < -0.39 is 60.2 Å². The zero-order valence-corrected chi connectivity index (χ0v) is 19.6. The van der Waals surface area contributed by atoms with E-state index >= 15 is 0 Å². The molecule has 0 bridgehead atoms. The number of carbonyl (C=O) groups excluding carboxylic acids is 3. The Hall–Kier alpha value is -2.72. The molecule has 0 aliphatic carbocycles. The molecule has 0 aliphatic rings. The maximum Gasteiger partial charge on any atom is 0.326 e. The number of nitrogens with zero attached hydrogens (tertiary/aromatic N) is 1. The maximum atomic E-state index is 12.5. The van der Waals surface area contributed by atoms with E-state index in [2.05, 4.69) is 46.2 Å². The summed E-state index contributed by atoms with van der Waals surface area (Å²) in [5.41, 5.74) is 16.2. The standard InChI is InChI=1S/C17H31N7O7S2/c18-8(2-1-5-21-17(19)20)13(27)23-10(6-32)15(29)24-11(7-33)14(28)22-9(16(30)31)3-4-12(25)26/h8-11,32-33H,1-7,18H2,(H,22,28)(H,23,27)(H,24,29)(H,25,26)(H,30,31)(H4,19,20,21). The summed E-state index contributed by atoms with van der Waals surface area (Å²) in [7, 11) is 0. The summed E-state index contributed by atoms with van der Waals surface area (Å²) in [6.07, 6.45) is -0.147. The van der Waals surface area contributed by atoms with Crippen molar-refractivity contribution in [2.24, 2.45) is 22.2 Å². The highest BCUT2D eigenvalue weighted by Crippen LogP contribution is 2.02. The second kappa shape index (κ2) is 16.0. The minimum absolute atomic E-state index is 0.0841. The highest BCUT2D eigenvalue weighted by Gasteiger charge is 2.29. The van der Waals surface area contributed by atoms with E-state index in [1.165, 1.54) is 0 Å². The summed E-state index contributed by atoms with van der Waals surface area (Å²) in [5.74, 6) is -5.32. The van der Waals surface area contributed by atoms with Crippen molar-refractivity contribution < 1.29 is 34.2 Å². The van der Waals surface area contributed by atoms with E-state index in [0.717, 1.165) is 0 Å². The van der Waals surface area contributed by atoms with Crippen LogP contribution in [-0.4, -0.2) is 88.1 Å². The summed E-state index contributed by atoms with van der Waals surface area (Å²) < 4.78 is 0. The molecule has 0 fully saturated rings. The second-order valence-corrected chi connectivity index (χ2v) is 7.60. The van der Waals surface area contributed by atoms with Gasteiger partial charge in [0.05, 0.1) is 6.04 Å². The Balaban J connectivity index is 4.90. The lowest BCUT2D eigenvalue weighted by molar-refractivity contribution is -0.143. The fourth-order valence-electron chi connectivity index (χ4n) is 2.39. The van der Waals surface area contributed by atoms with Gasteiger partial charge in [0.1, 0.15) is 18.1 Å². The molecule has 16 heteroatoms. The van der Waals surface area contributed by atoms with Crippen LogP contribution in [-0.2, 0) is 24.0 Å². The van der Waals surface area contributed by atoms with Gasteiger partial charge in [0.25, 0.3) is 0 Å². The van der Waals surface area contributed by atoms with Gasteiger partial charge in [0, 0.05) is 24.5 Å². The van der Waals surface area contributed by atoms with Gasteiger partial charge in [-0.1, -0.05) is 0 Å². The third-order valence-corrected chi connectivity index (χ3v) is 4.93. The van der Waals surface area contributed by atoms with Crippen LogP contribution >= 0.6 is 25.3 Å². The number of nitrogens with two attached hydrogens (primary N) is 3. The first-order chi connectivity index (χ1) is 15.4. The van der Waals surface area contributed by atoms with Gasteiger partial charge in [-0.15, -0.1) is 0 Å². The van der Waals surface area contributed by atoms with Gasteiger partial charge >= 0.3 is 11.9 Å². The zero-order valence-electron chi connectivity index (χ0n) is 17.8. The van der Waals surface area contributed by atoms with Crippen LogP contribution in [0, 0.1) is 0 Å². The summed E-state index contributed by atoms with van der Waals surface area (Å²) in [6, 6.07) is -4.80. The number of amides is 3. The lowest BCUT2D eigenvalue weighted by atomic mass is 10.1. The van der Waals surface area contributed by atoms with Crippen molar-refractivity contribution in [2.75, 3.05) is 18.1 Å². The molecule has 0 saturated carbocycles. The van der Waals surface area contributed by atoms with Crippen molar-refractivity contribution >= 4 is 60.9 Å². The Bertz CT molecular complexity index is 735. The van der Waals surface area contributed by atoms with Gasteiger partial charge in [-0.3, -0.25) is 24.2 Å². The molecule has 0 heterocycles. The third kappa shape index (κ3) is 12.8. The average molecular weight is 510 g/mol. The Morgan fingerprint density at radius 1 is 0.818 bits per heavy atom. The van der Waals surface area contributed by atoms with Crippen LogP contribution in [0.5, 0.6) is 0 Å². The molecule has 0 spiro atoms. The van der Waals surface area contributed by atoms with Crippen molar-refractivity contribution in [1.82, 2.24) is 16.0 Å². The van der Waals surface area contributed by atoms with Gasteiger partial charge in [0.2, 0.25) is 17.7 Å². The topological polar surface area (TPSA) is 252 Å². The molecule has 0 aliphatic heterocycles. The monoisotopic (exact) mass is 509 g/mol. The highest BCUT2D eigenvalue weighted by atomic mass is 32.1. The summed E-state index contributed by atoms with van der Waals surface area (Å²) in [5, 5.41) is 24.8. The molecule has 0 radical (unpaired) electrons. The van der Waals surface area contributed by atoms with Crippen LogP contribution in [0.15, 0.2) is 4.99 Å². The van der Waals surface area contributed by atoms with Gasteiger partial charge in [0.15, 0.2) is 5.96 Å². The first-order valence-electron chi connectivity index (χ1n) is 9.81. The van der Waals surface area contributed by atoms with Crippen LogP contribution in [0.4, 0.5) is 0 Å². The van der Waals surface area contributed by atoms with E-state index in [9.17, 15) is 24.0 Å². The van der Waals surface area contributed by atoms with Crippen molar-refractivity contribution in [3.05, 3.63) is 0 Å². The van der Waals surface area contributed by atoms with Gasteiger partial charge in [-0.05, 0) is 19.3 Å². The van der Waals surface area contributed by atoms with E-state index in [-0.39, 0.29) is 36.9 Å². The number of carbonyl (C=O) groups is 5. The fraction of sp³-hybridized carbons (Fsp3) is 0.647. The Morgan fingerprint density at radius 3 is 1.73 bits per heavy atom. The van der Waals surface area contributed by atoms with E-state index in [1.807, 2.05) is 0 Å². The van der Waals surface area contributed by atoms with Crippen LogP contribution < -0.4 is 33.2 Å². The normalized spacial score (nSPS) is 14.2. The van der Waals surface area contributed by atoms with Gasteiger partial charge < -0.3 is 43.4 Å². The lowest BCUT2D eigenvalue weighted by Gasteiger charge is -2.23. The number of nitrogens with one attached hydrogen (secondary N) is 3. The summed E-state index contributed by atoms with van der Waals surface area (Å²) in [4.78, 5) is 62.8. The Morgan fingerprint density at radius 2 is 1.30 bits per heavy atom. The molecule has 14 nitrogen and oxygen atoms in total. The number of aliphatic imine (C=N–C) groups is 1. The number of rotatable bonds is 16. The van der Waals surface area contributed by atoms with Crippen LogP contribution in [0.1, 0.15) is 25.7 Å². The largest absolute Gasteiger partial charge is 0.481 e. The van der Waals surface area contributed by atoms with Crippen LogP contribution in [0.3, 0.4) is 0 Å². The third-order valence-electron chi connectivity index (χ3n) is 4.20. The minimum Gasteiger partial charge on any atom is -0.481 e. The number of carboxylic acids is 2. The quantitative estimate of drug-likeness (QED) is 0.0427. The second-order valence-electron chi connectivity index (χ2n) is 6.87. The molecule has 0 aromatic heterocycles. The molecule has 4 atom stereocenters. The highest BCUT2D eigenvalue weighted by molar-refractivity contribution is 7.80. The van der Waals surface area contributed by atoms with E-state index in [4.69, 9.17) is 27.4 Å². The number of hydrogen-bond donors (Lipinski definition) is 10. The molecule has 0 aromatic carbocycles. The number of thiol groups is 2. The number of guanidine groups is 1. The molecule has 4 unspecified atom stereocenters. The predicted molar refractivity (Wildman–Crippen MR) is 126 cm³/mol. The molecule has 3 amide bonds. The van der Waals surface area contributed by atoms with Crippen LogP contribution in [0.25, 0.3) is 0 Å². The number of aliphatic carboxylic acids is 2. The number of carboxylic acid groups (broad SMARTS) is 2. The van der Waals surface area contributed by atoms with Crippen molar-refractivity contribution in [1.29, 1.82) is 0 Å². The molecule has 11 N–H and O–H groups in total. The molecule has 188 valence electrons. The van der Waals surface area contributed by atoms with Crippen molar-refractivity contribution in [3.63, 3.8) is 0 Å². The Kier molecular flexibility index (Phi) is 14.7. The molecule has 0 rings (SSSR count). The average Bonchev–Trinajstić information content (AvgIpc) is 2.74. The van der Waals surface area contributed by atoms with Crippen molar-refractivity contribution in [3.8, 4) is 0 Å². The lowest BCUT2D eigenvalue weighted by Crippen LogP contribution is -2.58. The van der Waals surface area contributed by atoms with E-state index in [1.54, 1.807) is 0 Å². The molecule has 0 saturated heterocycles. The molecule has 0 aromatic rings. The maximum absolute atomic E-state index is 12.5. The summed E-state index contributed by atoms with van der Waals surface area (Å²) in [6.45, 7) is 0.280. The minimum atomic E-state index is -1.47. The predicted octanol–water partition coefficient (Wildman–Crippen LogP) is -3.37. The van der Waals surface area contributed by atoms with Gasteiger partial charge in [-0.2, -0.15) is 25.3 Å². The smallest absolute Gasteiger partial charge is 0.326 e. The first-order valence-corrected chi connectivity index (χ1v) is 11.1. The van der Waals surface area contributed by atoms with Crippen molar-refractivity contribution in [2.45, 2.75) is 49.9 Å². The fourth-order valence-corrected chi connectivity index (χ4v) is 2.90. The molecule has 33 heavy (non-hydrogen) atoms. The first kappa shape index (κ1) is 30.3. The van der Waals surface area contributed by atoms with Crippen LogP contribution in [0.2, 0.25) is 0 Å². The van der Waals surface area contributed by atoms with E-state index in [0.29, 0.717) is 6.42 Å². The zero-order chi connectivity index (χ0) is 25.6. The summed E-state index contributed by atoms with van der Waals surface area (Å²) >= 11 is 8.00. The Labute approximate surface area is 201 Å².